The third-order valence-corrected chi connectivity index (χ3v) is 4.71. The minimum Gasteiger partial charge on any atom is -0.488 e. The summed E-state index contributed by atoms with van der Waals surface area (Å²) in [5, 5.41) is 0.403. The third kappa shape index (κ3) is 3.63. The normalized spacial score (nSPS) is 16.1. The summed E-state index contributed by atoms with van der Waals surface area (Å²) in [7, 11) is 1.47. The van der Waals surface area contributed by atoms with Gasteiger partial charge in [-0.15, -0.1) is 0 Å². The lowest BCUT2D eigenvalue weighted by Crippen LogP contribution is -2.22. The molecular weight excluding hydrogens is 346 g/mol. The lowest BCUT2D eigenvalue weighted by molar-refractivity contribution is -0.121. The van der Waals surface area contributed by atoms with Crippen molar-refractivity contribution in [1.82, 2.24) is 4.90 Å². The van der Waals surface area contributed by atoms with Crippen molar-refractivity contribution >= 4 is 40.6 Å². The molecular formula is C18H14ClNO3S. The molecule has 1 saturated heterocycles. The van der Waals surface area contributed by atoms with Crippen LogP contribution in [-0.4, -0.2) is 23.1 Å². The van der Waals surface area contributed by atoms with Crippen LogP contribution in [-0.2, 0) is 11.4 Å². The fraction of sp³-hybridized carbons (Fsp3) is 0.111. The van der Waals surface area contributed by atoms with E-state index in [1.54, 1.807) is 6.08 Å². The number of benzene rings is 2. The van der Waals surface area contributed by atoms with Gasteiger partial charge in [0.05, 0.1) is 4.91 Å². The number of rotatable bonds is 4. The smallest absolute Gasteiger partial charge is 0.293 e. The molecule has 0 saturated carbocycles. The third-order valence-electron chi connectivity index (χ3n) is 3.50. The largest absolute Gasteiger partial charge is 0.488 e. The maximum absolute atomic E-state index is 12.0. The van der Waals surface area contributed by atoms with Gasteiger partial charge in [-0.3, -0.25) is 14.5 Å². The van der Waals surface area contributed by atoms with Crippen LogP contribution < -0.4 is 4.74 Å². The molecule has 1 aliphatic heterocycles. The predicted octanol–water partition coefficient (Wildman–Crippen LogP) is 4.59. The molecule has 2 aromatic carbocycles. The first kappa shape index (κ1) is 16.6. The fourth-order valence-corrected chi connectivity index (χ4v) is 3.10. The van der Waals surface area contributed by atoms with Gasteiger partial charge >= 0.3 is 0 Å². The minimum atomic E-state index is -0.294. The van der Waals surface area contributed by atoms with E-state index in [-0.39, 0.29) is 11.1 Å². The van der Waals surface area contributed by atoms with E-state index in [1.807, 2.05) is 48.5 Å². The lowest BCUT2D eigenvalue weighted by Gasteiger charge is -2.10. The second kappa shape index (κ2) is 7.11. The minimum absolute atomic E-state index is 0.272. The molecule has 0 atom stereocenters. The van der Waals surface area contributed by atoms with Crippen molar-refractivity contribution in [3.8, 4) is 5.75 Å². The van der Waals surface area contributed by atoms with Gasteiger partial charge < -0.3 is 4.74 Å². The Morgan fingerprint density at radius 3 is 2.50 bits per heavy atom. The molecule has 1 aliphatic rings. The zero-order chi connectivity index (χ0) is 17.1. The predicted molar refractivity (Wildman–Crippen MR) is 96.0 cm³/mol. The Bertz CT molecular complexity index is 817. The zero-order valence-electron chi connectivity index (χ0n) is 12.9. The number of halogens is 1. The topological polar surface area (TPSA) is 46.6 Å². The standard InChI is InChI=1S/C18H14ClNO3S/c1-20-17(21)16(24-18(20)22)10-13-4-2-3-5-15(13)23-11-12-6-8-14(19)9-7-12/h2-10H,11H2,1H3/b16-10+. The molecule has 0 radical (unpaired) electrons. The Morgan fingerprint density at radius 1 is 1.12 bits per heavy atom. The number of carbonyl (C=O) groups is 2. The van der Waals surface area contributed by atoms with Gasteiger partial charge in [0.2, 0.25) is 0 Å². The van der Waals surface area contributed by atoms with Crippen LogP contribution >= 0.6 is 23.4 Å². The summed E-state index contributed by atoms with van der Waals surface area (Å²) in [6.45, 7) is 0.386. The number of ether oxygens (including phenoxy) is 1. The number of hydrogen-bond donors (Lipinski definition) is 0. The summed E-state index contributed by atoms with van der Waals surface area (Å²) in [6.07, 6.45) is 1.69. The number of carbonyl (C=O) groups excluding carboxylic acids is 2. The van der Waals surface area contributed by atoms with Crippen LogP contribution in [0.1, 0.15) is 11.1 Å². The van der Waals surface area contributed by atoms with Gasteiger partial charge in [-0.2, -0.15) is 0 Å². The van der Waals surface area contributed by atoms with E-state index in [0.717, 1.165) is 27.8 Å². The molecule has 24 heavy (non-hydrogen) atoms. The summed E-state index contributed by atoms with van der Waals surface area (Å²) < 4.78 is 5.86. The molecule has 0 aliphatic carbocycles. The van der Waals surface area contributed by atoms with Crippen molar-refractivity contribution in [1.29, 1.82) is 0 Å². The Morgan fingerprint density at radius 2 is 1.83 bits per heavy atom. The van der Waals surface area contributed by atoms with Crippen molar-refractivity contribution in [3.63, 3.8) is 0 Å². The Hall–Kier alpha value is -2.24. The van der Waals surface area contributed by atoms with Crippen LogP contribution in [0.15, 0.2) is 53.4 Å². The van der Waals surface area contributed by atoms with Crippen LogP contribution in [0.4, 0.5) is 4.79 Å². The summed E-state index contributed by atoms with van der Waals surface area (Å²) in [6, 6.07) is 14.8. The molecule has 3 rings (SSSR count). The first-order valence-electron chi connectivity index (χ1n) is 7.22. The first-order valence-corrected chi connectivity index (χ1v) is 8.42. The molecule has 0 N–H and O–H groups in total. The summed E-state index contributed by atoms with van der Waals surface area (Å²) >= 11 is 6.80. The number of amides is 2. The lowest BCUT2D eigenvalue weighted by atomic mass is 10.2. The highest BCUT2D eigenvalue weighted by Gasteiger charge is 2.31. The number of likely N-dealkylation sites (N-methyl/N-ethyl adjacent to an activating group) is 1. The highest BCUT2D eigenvalue weighted by molar-refractivity contribution is 8.18. The quantitative estimate of drug-likeness (QED) is 0.749. The summed E-state index contributed by atoms with van der Waals surface area (Å²) in [4.78, 5) is 25.1. The molecule has 0 spiro atoms. The molecule has 2 aromatic rings. The van der Waals surface area contributed by atoms with E-state index in [9.17, 15) is 9.59 Å². The van der Waals surface area contributed by atoms with E-state index >= 15 is 0 Å². The van der Waals surface area contributed by atoms with Gasteiger partial charge in [0, 0.05) is 17.6 Å². The average Bonchev–Trinajstić information content (AvgIpc) is 2.82. The number of para-hydroxylation sites is 1. The highest BCUT2D eigenvalue weighted by atomic mass is 35.5. The van der Waals surface area contributed by atoms with Crippen molar-refractivity contribution in [2.75, 3.05) is 7.05 Å². The average molecular weight is 360 g/mol. The highest BCUT2D eigenvalue weighted by Crippen LogP contribution is 2.33. The maximum Gasteiger partial charge on any atom is 0.293 e. The number of hydrogen-bond acceptors (Lipinski definition) is 4. The molecule has 0 bridgehead atoms. The van der Waals surface area contributed by atoms with Crippen molar-refractivity contribution < 1.29 is 14.3 Å². The summed E-state index contributed by atoms with van der Waals surface area (Å²) in [5.41, 5.74) is 1.74. The SMILES string of the molecule is CN1C(=O)S/C(=C/c2ccccc2OCc2ccc(Cl)cc2)C1=O. The van der Waals surface area contributed by atoms with Gasteiger partial charge in [0.1, 0.15) is 12.4 Å². The van der Waals surface area contributed by atoms with E-state index < -0.39 is 0 Å². The second-order valence-corrected chi connectivity index (χ2v) is 6.62. The van der Waals surface area contributed by atoms with Gasteiger partial charge in [-0.05, 0) is 41.6 Å². The molecule has 1 fully saturated rings. The Labute approximate surface area is 149 Å². The van der Waals surface area contributed by atoms with E-state index in [2.05, 4.69) is 0 Å². The molecule has 122 valence electrons. The Kier molecular flexibility index (Phi) is 4.92. The number of imide groups is 1. The van der Waals surface area contributed by atoms with Gasteiger partial charge in [-0.25, -0.2) is 0 Å². The molecule has 0 unspecified atom stereocenters. The van der Waals surface area contributed by atoms with Gasteiger partial charge in [-0.1, -0.05) is 41.9 Å². The van der Waals surface area contributed by atoms with Crippen LogP contribution in [0.5, 0.6) is 5.75 Å². The number of thioether (sulfide) groups is 1. The molecule has 1 heterocycles. The summed E-state index contributed by atoms with van der Waals surface area (Å²) in [5.74, 6) is 0.354. The Balaban J connectivity index is 1.79. The monoisotopic (exact) mass is 359 g/mol. The molecule has 6 heteroatoms. The van der Waals surface area contributed by atoms with Gasteiger partial charge in [0.25, 0.3) is 11.1 Å². The number of nitrogens with zero attached hydrogens (tertiary/aromatic N) is 1. The first-order chi connectivity index (χ1) is 11.5. The van der Waals surface area contributed by atoms with Gasteiger partial charge in [0.15, 0.2) is 0 Å². The molecule has 2 amide bonds. The second-order valence-electron chi connectivity index (χ2n) is 5.19. The zero-order valence-corrected chi connectivity index (χ0v) is 14.4. The fourth-order valence-electron chi connectivity index (χ4n) is 2.16. The molecule has 4 nitrogen and oxygen atoms in total. The van der Waals surface area contributed by atoms with Crippen molar-refractivity contribution in [2.24, 2.45) is 0 Å². The van der Waals surface area contributed by atoms with E-state index in [1.165, 1.54) is 7.05 Å². The maximum atomic E-state index is 12.0. The van der Waals surface area contributed by atoms with Crippen molar-refractivity contribution in [2.45, 2.75) is 6.61 Å². The van der Waals surface area contributed by atoms with E-state index in [4.69, 9.17) is 16.3 Å². The van der Waals surface area contributed by atoms with Crippen LogP contribution in [0.3, 0.4) is 0 Å². The molecule has 0 aromatic heterocycles. The van der Waals surface area contributed by atoms with Crippen LogP contribution in [0.2, 0.25) is 5.02 Å². The van der Waals surface area contributed by atoms with Crippen LogP contribution in [0.25, 0.3) is 6.08 Å². The van der Waals surface area contributed by atoms with Crippen LogP contribution in [0, 0.1) is 0 Å². The van der Waals surface area contributed by atoms with Crippen molar-refractivity contribution in [3.05, 3.63) is 69.6 Å². The van der Waals surface area contributed by atoms with E-state index in [0.29, 0.717) is 22.3 Å².